The molecule has 4 nitrogen and oxygen atoms in total. The summed E-state index contributed by atoms with van der Waals surface area (Å²) in [4.78, 5) is 4.31. The van der Waals surface area contributed by atoms with Crippen molar-refractivity contribution in [3.63, 3.8) is 0 Å². The van der Waals surface area contributed by atoms with E-state index in [2.05, 4.69) is 10.1 Å². The number of benzene rings is 1. The smallest absolute Gasteiger partial charge is 1.00 e. The molecule has 0 radical (unpaired) electrons. The fourth-order valence-electron chi connectivity index (χ4n) is 2.33. The molecule has 1 aromatic carbocycles. The van der Waals surface area contributed by atoms with E-state index in [1.807, 2.05) is 42.5 Å². The first-order valence-corrected chi connectivity index (χ1v) is 7.23. The molecule has 3 rings (SSSR count). The van der Waals surface area contributed by atoms with Gasteiger partial charge in [0.1, 0.15) is 0 Å². The van der Waals surface area contributed by atoms with Gasteiger partial charge < -0.3 is 42.9 Å². The van der Waals surface area contributed by atoms with E-state index < -0.39 is 0 Å². The second kappa shape index (κ2) is 10.4. The van der Waals surface area contributed by atoms with Crippen molar-refractivity contribution in [2.24, 2.45) is 5.10 Å². The molecule has 0 aliphatic carbocycles. The Labute approximate surface area is 179 Å². The minimum absolute atomic E-state index is 0. The summed E-state index contributed by atoms with van der Waals surface area (Å²) >= 11 is 10.9. The van der Waals surface area contributed by atoms with Gasteiger partial charge in [0, 0.05) is 17.6 Å². The van der Waals surface area contributed by atoms with Crippen LogP contribution in [-0.4, -0.2) is 20.9 Å². The van der Waals surface area contributed by atoms with Crippen LogP contribution in [0, 0.1) is 5.41 Å². The Balaban J connectivity index is 0.00000176. The number of hydrogen-bond donors (Lipinski definition) is 1. The second-order valence-corrected chi connectivity index (χ2v) is 5.51. The van der Waals surface area contributed by atoms with Crippen molar-refractivity contribution in [1.82, 2.24) is 9.99 Å². The Hall–Kier alpha value is -0.660. The van der Waals surface area contributed by atoms with Crippen molar-refractivity contribution >= 4 is 35.1 Å². The minimum atomic E-state index is -0.0794. The molecule has 0 spiro atoms. The Kier molecular flexibility index (Phi) is 10.1. The number of aromatic nitrogens is 1. The quantitative estimate of drug-likeness (QED) is 0.182. The Morgan fingerprint density at radius 2 is 1.83 bits per heavy atom. The molecule has 130 valence electrons. The molecule has 1 aliphatic rings. The van der Waals surface area contributed by atoms with Crippen LogP contribution in [0.25, 0.3) is 0 Å². The van der Waals surface area contributed by atoms with E-state index in [-0.39, 0.29) is 58.4 Å². The zero-order chi connectivity index (χ0) is 14.8. The van der Waals surface area contributed by atoms with Gasteiger partial charge in [-0.05, 0) is 35.0 Å². The summed E-state index contributed by atoms with van der Waals surface area (Å²) < 4.78 is 0. The number of hydrazone groups is 1. The molecule has 1 aromatic heterocycles. The summed E-state index contributed by atoms with van der Waals surface area (Å²) in [6.45, 7) is 0. The van der Waals surface area contributed by atoms with Crippen molar-refractivity contribution in [3.8, 4) is 0 Å². The minimum Gasteiger partial charge on any atom is -1.00 e. The summed E-state index contributed by atoms with van der Waals surface area (Å²) in [7, 11) is 0. The molecule has 1 unspecified atom stereocenters. The number of nitrogens with zero attached hydrogens (tertiary/aromatic N) is 3. The van der Waals surface area contributed by atoms with E-state index in [0.717, 1.165) is 17.0 Å². The van der Waals surface area contributed by atoms with Gasteiger partial charge in [-0.25, -0.2) is 0 Å². The summed E-state index contributed by atoms with van der Waals surface area (Å²) in [6, 6.07) is 13.2. The van der Waals surface area contributed by atoms with Crippen LogP contribution in [-0.2, 0) is 35.0 Å². The van der Waals surface area contributed by atoms with E-state index >= 15 is 0 Å². The molecule has 0 fully saturated rings. The Morgan fingerprint density at radius 1 is 1.17 bits per heavy atom. The first kappa shape index (κ1) is 23.3. The van der Waals surface area contributed by atoms with E-state index in [1.54, 1.807) is 11.2 Å². The van der Waals surface area contributed by atoms with Gasteiger partial charge in [-0.2, -0.15) is 5.10 Å². The Bertz CT molecular complexity index is 698. The van der Waals surface area contributed by atoms with Crippen molar-refractivity contribution in [1.29, 1.82) is 5.41 Å². The fourth-order valence-corrected chi connectivity index (χ4v) is 2.62. The molecule has 0 saturated heterocycles. The van der Waals surface area contributed by atoms with E-state index in [0.29, 0.717) is 11.4 Å². The number of pyridine rings is 1. The van der Waals surface area contributed by atoms with E-state index in [9.17, 15) is 0 Å². The second-order valence-electron chi connectivity index (χ2n) is 4.68. The molecule has 24 heavy (non-hydrogen) atoms. The maximum atomic E-state index is 7.75. The van der Waals surface area contributed by atoms with Gasteiger partial charge in [0.05, 0.1) is 17.4 Å². The summed E-state index contributed by atoms with van der Waals surface area (Å²) in [5.74, 6) is 0. The first-order chi connectivity index (χ1) is 10.1. The van der Waals surface area contributed by atoms with Crippen molar-refractivity contribution in [2.45, 2.75) is 12.5 Å². The van der Waals surface area contributed by atoms with Crippen LogP contribution in [0.4, 0.5) is 0 Å². The molecule has 1 N–H and O–H groups in total. The van der Waals surface area contributed by atoms with Gasteiger partial charge in [-0.3, -0.25) is 9.99 Å². The third-order valence-electron chi connectivity index (χ3n) is 3.33. The number of rotatable bonds is 2. The summed E-state index contributed by atoms with van der Waals surface area (Å²) in [5.41, 5.74) is 2.68. The van der Waals surface area contributed by atoms with Gasteiger partial charge in [0.15, 0.2) is 0 Å². The van der Waals surface area contributed by atoms with Crippen molar-refractivity contribution in [2.75, 3.05) is 0 Å². The monoisotopic (exact) mass is 582 g/mol. The van der Waals surface area contributed by atoms with Gasteiger partial charge in [0.25, 0.3) is 0 Å². The van der Waals surface area contributed by atoms with Gasteiger partial charge in [-0.1, -0.05) is 29.8 Å². The first-order valence-electron chi connectivity index (χ1n) is 6.44. The average Bonchev–Trinajstić information content (AvgIpc) is 2.94. The Morgan fingerprint density at radius 3 is 2.38 bits per heavy atom. The maximum Gasteiger partial charge on any atom is 3.00 e. The standard InChI is InChI=1S/C15H13ClN4S.Au.2ClH/c16-11-6-4-10(5-7-11)14-9-13(19-20(14)15(17)21)12-3-1-2-8-18-12;;;/h1-8,14H,9H2,(H2,17,21);;2*1H/q;+3;;/p-3. The number of hydrogen-bond acceptors (Lipinski definition) is 4. The summed E-state index contributed by atoms with van der Waals surface area (Å²) in [5, 5.41) is 14.5. The topological polar surface area (TPSA) is 52.3 Å². The third kappa shape index (κ3) is 5.17. The molecule has 2 heterocycles. The fraction of sp³-hybridized carbons (Fsp3) is 0.133. The molecule has 9 heteroatoms. The normalized spacial score (nSPS) is 15.5. The van der Waals surface area contributed by atoms with Gasteiger partial charge in [-0.15, -0.1) is 0 Å². The molecule has 0 saturated carbocycles. The molecular formula is C15H12AuCl3N4S. The number of nitrogens with one attached hydrogen (secondary N) is 1. The van der Waals surface area contributed by atoms with Crippen LogP contribution < -0.4 is 24.8 Å². The number of amidine groups is 1. The van der Waals surface area contributed by atoms with E-state index in [1.165, 1.54) is 0 Å². The van der Waals surface area contributed by atoms with Crippen molar-refractivity contribution in [3.05, 3.63) is 64.9 Å². The van der Waals surface area contributed by atoms with Crippen LogP contribution >= 0.6 is 11.6 Å². The van der Waals surface area contributed by atoms with Crippen LogP contribution in [0.3, 0.4) is 0 Å². The van der Waals surface area contributed by atoms with Gasteiger partial charge >= 0.3 is 22.4 Å². The van der Waals surface area contributed by atoms with E-state index in [4.69, 9.17) is 29.6 Å². The zero-order valence-corrected chi connectivity index (χ0v) is 17.3. The van der Waals surface area contributed by atoms with Crippen molar-refractivity contribution < 1.29 is 47.2 Å². The SMILES string of the molecule is N=C([S-])N1N=C(c2ccccn2)CC1c1ccc(Cl)cc1.[Au+3].[Cl-].[Cl-]. The predicted molar refractivity (Wildman–Crippen MR) is 86.5 cm³/mol. The average molecular weight is 584 g/mol. The maximum absolute atomic E-state index is 7.75. The number of halogens is 3. The third-order valence-corrected chi connectivity index (χ3v) is 3.77. The molecule has 1 atom stereocenters. The largest absolute Gasteiger partial charge is 3.00 e. The van der Waals surface area contributed by atoms with Gasteiger partial charge in [0.2, 0.25) is 0 Å². The molecule has 0 amide bonds. The van der Waals surface area contributed by atoms with Crippen LogP contribution in [0.15, 0.2) is 53.8 Å². The van der Waals surface area contributed by atoms with Crippen LogP contribution in [0.2, 0.25) is 5.02 Å². The molecular weight excluding hydrogens is 572 g/mol. The molecule has 1 aliphatic heterocycles. The predicted octanol–water partition coefficient (Wildman–Crippen LogP) is -2.63. The molecule has 2 aromatic rings. The zero-order valence-electron chi connectivity index (χ0n) is 12.1. The summed E-state index contributed by atoms with van der Waals surface area (Å²) in [6.07, 6.45) is 2.40. The van der Waals surface area contributed by atoms with Crippen LogP contribution in [0.1, 0.15) is 23.7 Å². The molecule has 0 bridgehead atoms. The van der Waals surface area contributed by atoms with Crippen LogP contribution in [0.5, 0.6) is 0 Å².